The first-order chi connectivity index (χ1) is 13.3. The van der Waals surface area contributed by atoms with Crippen molar-refractivity contribution in [3.8, 4) is 0 Å². The summed E-state index contributed by atoms with van der Waals surface area (Å²) in [6.07, 6.45) is 5.68. The molecule has 1 fully saturated rings. The Labute approximate surface area is 161 Å². The number of sulfonamides is 1. The van der Waals surface area contributed by atoms with E-state index in [1.165, 1.54) is 0 Å². The number of pyridine rings is 1. The number of nitrogens with zero attached hydrogens (tertiary/aromatic N) is 3. The Morgan fingerprint density at radius 2 is 1.89 bits per heavy atom. The molecule has 0 aliphatic carbocycles. The Balaban J connectivity index is 1.50. The predicted molar refractivity (Wildman–Crippen MR) is 99.0 cm³/mol. The quantitative estimate of drug-likeness (QED) is 0.721. The number of fused-ring (bicyclic) bond motifs is 1. The number of hydrogen-bond donors (Lipinski definition) is 1. The lowest BCUT2D eigenvalue weighted by Gasteiger charge is -2.37. The van der Waals surface area contributed by atoms with Crippen molar-refractivity contribution in [3.05, 3.63) is 60.6 Å². The third-order valence-corrected chi connectivity index (χ3v) is 7.14. The van der Waals surface area contributed by atoms with E-state index in [0.717, 1.165) is 27.3 Å². The van der Waals surface area contributed by atoms with Gasteiger partial charge in [-0.15, -0.1) is 0 Å². The summed E-state index contributed by atoms with van der Waals surface area (Å²) in [4.78, 5) is 3.55. The highest BCUT2D eigenvalue weighted by Gasteiger charge is 2.38. The van der Waals surface area contributed by atoms with Crippen molar-refractivity contribution < 1.29 is 22.3 Å². The average molecular weight is 407 g/mol. The van der Waals surface area contributed by atoms with Gasteiger partial charge < -0.3 is 9.67 Å². The topological polar surface area (TPSA) is 75.4 Å². The van der Waals surface area contributed by atoms with Crippen molar-refractivity contribution in [2.45, 2.75) is 29.9 Å². The van der Waals surface area contributed by atoms with Crippen molar-refractivity contribution in [2.75, 3.05) is 13.1 Å². The monoisotopic (exact) mass is 407 g/mol. The summed E-state index contributed by atoms with van der Waals surface area (Å²) in [5.74, 6) is -1.95. The molecule has 28 heavy (non-hydrogen) atoms. The van der Waals surface area contributed by atoms with Crippen LogP contribution in [0, 0.1) is 11.6 Å². The third kappa shape index (κ3) is 3.41. The van der Waals surface area contributed by atoms with E-state index < -0.39 is 32.2 Å². The predicted octanol–water partition coefficient (Wildman–Crippen LogP) is 2.53. The van der Waals surface area contributed by atoms with E-state index in [0.29, 0.717) is 12.6 Å². The molecule has 1 aromatic carbocycles. The molecule has 4 rings (SSSR count). The zero-order chi connectivity index (χ0) is 19.9. The van der Waals surface area contributed by atoms with Gasteiger partial charge in [0.05, 0.1) is 23.9 Å². The molecule has 2 aromatic heterocycles. The second kappa shape index (κ2) is 6.91. The van der Waals surface area contributed by atoms with E-state index in [2.05, 4.69) is 4.98 Å². The number of aromatic nitrogens is 2. The number of benzene rings is 1. The van der Waals surface area contributed by atoms with Crippen LogP contribution >= 0.6 is 0 Å². The van der Waals surface area contributed by atoms with Gasteiger partial charge in [-0.25, -0.2) is 17.2 Å². The van der Waals surface area contributed by atoms with Gasteiger partial charge in [0, 0.05) is 36.9 Å². The molecular formula is C19H19F2N3O3S. The fourth-order valence-electron chi connectivity index (χ4n) is 3.61. The van der Waals surface area contributed by atoms with Crippen molar-refractivity contribution in [1.82, 2.24) is 13.9 Å². The smallest absolute Gasteiger partial charge is 0.245 e. The minimum absolute atomic E-state index is 0.0487. The molecule has 6 nitrogen and oxygen atoms in total. The van der Waals surface area contributed by atoms with Crippen LogP contribution in [0.3, 0.4) is 0 Å². The molecule has 0 radical (unpaired) electrons. The van der Waals surface area contributed by atoms with Gasteiger partial charge >= 0.3 is 0 Å². The molecule has 0 saturated carbocycles. The van der Waals surface area contributed by atoms with E-state index in [9.17, 15) is 22.3 Å². The summed E-state index contributed by atoms with van der Waals surface area (Å²) >= 11 is 0. The Morgan fingerprint density at radius 1 is 1.14 bits per heavy atom. The van der Waals surface area contributed by atoms with Crippen molar-refractivity contribution in [1.29, 1.82) is 0 Å². The van der Waals surface area contributed by atoms with Crippen molar-refractivity contribution in [3.63, 3.8) is 0 Å². The molecule has 3 heterocycles. The lowest BCUT2D eigenvalue weighted by molar-refractivity contribution is -0.0185. The maximum Gasteiger partial charge on any atom is 0.245 e. The minimum atomic E-state index is -4.09. The zero-order valence-electron chi connectivity index (χ0n) is 14.9. The van der Waals surface area contributed by atoms with Gasteiger partial charge in [0.1, 0.15) is 16.5 Å². The first-order valence-electron chi connectivity index (χ1n) is 8.85. The van der Waals surface area contributed by atoms with Gasteiger partial charge in [-0.05, 0) is 37.1 Å². The van der Waals surface area contributed by atoms with E-state index in [1.807, 2.05) is 22.9 Å². The Morgan fingerprint density at radius 3 is 2.61 bits per heavy atom. The summed E-state index contributed by atoms with van der Waals surface area (Å²) in [6.45, 7) is 0.404. The molecule has 1 aliphatic heterocycles. The molecule has 148 valence electrons. The number of halogens is 2. The van der Waals surface area contributed by atoms with Crippen LogP contribution < -0.4 is 0 Å². The second-order valence-electron chi connectivity index (χ2n) is 7.08. The van der Waals surface area contributed by atoms with Crippen LogP contribution in [0.1, 0.15) is 12.8 Å². The Bertz CT molecular complexity index is 1120. The molecule has 1 aliphatic rings. The van der Waals surface area contributed by atoms with Gasteiger partial charge in [0.2, 0.25) is 10.0 Å². The molecule has 0 spiro atoms. The van der Waals surface area contributed by atoms with Crippen LogP contribution in [0.15, 0.2) is 53.8 Å². The molecule has 0 amide bonds. The third-order valence-electron chi connectivity index (χ3n) is 5.21. The fourth-order valence-corrected chi connectivity index (χ4v) is 5.09. The lowest BCUT2D eigenvalue weighted by Crippen LogP contribution is -2.48. The Hall–Kier alpha value is -2.36. The Kier molecular flexibility index (Phi) is 4.68. The van der Waals surface area contributed by atoms with E-state index in [1.54, 1.807) is 12.4 Å². The number of hydrogen-bond acceptors (Lipinski definition) is 4. The number of aliphatic hydroxyl groups is 1. The van der Waals surface area contributed by atoms with E-state index >= 15 is 0 Å². The van der Waals surface area contributed by atoms with Crippen LogP contribution in [0.4, 0.5) is 8.78 Å². The van der Waals surface area contributed by atoms with Crippen LogP contribution in [0.25, 0.3) is 10.9 Å². The number of rotatable bonds is 4. The fraction of sp³-hybridized carbons (Fsp3) is 0.316. The SMILES string of the molecule is O=S(=O)(c1ccc(F)cc1F)N1CCC(O)(Cn2ccc3ccncc32)CC1. The molecule has 0 unspecified atom stereocenters. The summed E-state index contributed by atoms with van der Waals surface area (Å²) in [7, 11) is -4.09. The highest BCUT2D eigenvalue weighted by molar-refractivity contribution is 7.89. The molecule has 3 aromatic rings. The normalized spacial score (nSPS) is 17.8. The maximum absolute atomic E-state index is 13.9. The lowest BCUT2D eigenvalue weighted by atomic mass is 9.92. The first kappa shape index (κ1) is 19.0. The largest absolute Gasteiger partial charge is 0.388 e. The van der Waals surface area contributed by atoms with Crippen LogP contribution in [-0.2, 0) is 16.6 Å². The molecule has 1 N–H and O–H groups in total. The van der Waals surface area contributed by atoms with Crippen LogP contribution in [0.2, 0.25) is 0 Å². The van der Waals surface area contributed by atoms with Gasteiger partial charge in [0.25, 0.3) is 0 Å². The highest BCUT2D eigenvalue weighted by atomic mass is 32.2. The molecular weight excluding hydrogens is 388 g/mol. The van der Waals surface area contributed by atoms with Gasteiger partial charge in [0.15, 0.2) is 0 Å². The van der Waals surface area contributed by atoms with Crippen molar-refractivity contribution >= 4 is 20.9 Å². The average Bonchev–Trinajstić information content (AvgIpc) is 3.04. The molecule has 0 bridgehead atoms. The van der Waals surface area contributed by atoms with Gasteiger partial charge in [-0.3, -0.25) is 4.98 Å². The van der Waals surface area contributed by atoms with Crippen molar-refractivity contribution in [2.24, 2.45) is 0 Å². The summed E-state index contributed by atoms with van der Waals surface area (Å²) in [6, 6.07) is 6.21. The molecule has 9 heteroatoms. The summed E-state index contributed by atoms with van der Waals surface area (Å²) in [5.41, 5.74) is -0.200. The van der Waals surface area contributed by atoms with Crippen LogP contribution in [-0.4, -0.2) is 46.1 Å². The van der Waals surface area contributed by atoms with E-state index in [-0.39, 0.29) is 25.9 Å². The standard InChI is InChI=1S/C19H19F2N3O3S/c20-15-1-2-18(16(21)11-15)28(26,27)24-9-5-19(25,6-10-24)13-23-8-4-14-3-7-22-12-17(14)23/h1-4,7-8,11-12,25H,5-6,9-10,13H2. The minimum Gasteiger partial charge on any atom is -0.388 e. The highest BCUT2D eigenvalue weighted by Crippen LogP contribution is 2.30. The van der Waals surface area contributed by atoms with Crippen LogP contribution in [0.5, 0.6) is 0 Å². The zero-order valence-corrected chi connectivity index (χ0v) is 15.7. The maximum atomic E-state index is 13.9. The first-order valence-corrected chi connectivity index (χ1v) is 10.3. The molecule has 0 atom stereocenters. The number of piperidine rings is 1. The summed E-state index contributed by atoms with van der Waals surface area (Å²) < 4.78 is 55.4. The second-order valence-corrected chi connectivity index (χ2v) is 8.99. The van der Waals surface area contributed by atoms with Gasteiger partial charge in [-0.1, -0.05) is 0 Å². The summed E-state index contributed by atoms with van der Waals surface area (Å²) in [5, 5.41) is 12.0. The van der Waals surface area contributed by atoms with E-state index in [4.69, 9.17) is 0 Å². The van der Waals surface area contributed by atoms with Gasteiger partial charge in [-0.2, -0.15) is 4.31 Å². The molecule has 1 saturated heterocycles.